The second kappa shape index (κ2) is 7.63. The van der Waals surface area contributed by atoms with Gasteiger partial charge in [-0.05, 0) is 31.2 Å². The van der Waals surface area contributed by atoms with Crippen LogP contribution in [0.25, 0.3) is 11.0 Å². The molecule has 21 heavy (non-hydrogen) atoms. The first kappa shape index (κ1) is 16.2. The van der Waals surface area contributed by atoms with Gasteiger partial charge in [0.1, 0.15) is 6.07 Å². The molecule has 0 aliphatic carbocycles. The number of ether oxygens (including phenoxy) is 2. The van der Waals surface area contributed by atoms with Crippen molar-refractivity contribution in [1.82, 2.24) is 0 Å². The third kappa shape index (κ3) is 3.78. The molecule has 1 rings (SSSR count). The van der Waals surface area contributed by atoms with E-state index in [4.69, 9.17) is 20.1 Å². The molecule has 6 nitrogen and oxygen atoms in total. The molecular weight excluding hydrogens is 272 g/mol. The van der Waals surface area contributed by atoms with Crippen LogP contribution in [-0.2, 0) is 19.1 Å². The van der Waals surface area contributed by atoms with Crippen molar-refractivity contribution in [2.75, 3.05) is 13.2 Å². The van der Waals surface area contributed by atoms with E-state index < -0.39 is 11.9 Å². The molecule has 0 spiro atoms. The lowest BCUT2D eigenvalue weighted by atomic mass is 10.1. The fourth-order valence-corrected chi connectivity index (χ4v) is 1.62. The van der Waals surface area contributed by atoms with Crippen LogP contribution in [-0.4, -0.2) is 31.0 Å². The Morgan fingerprint density at radius 3 is 2.19 bits per heavy atom. The molecule has 0 aliphatic rings. The molecule has 108 valence electrons. The Bertz CT molecular complexity index is 720. The smallest absolute Gasteiger partial charge is 0.346 e. The van der Waals surface area contributed by atoms with Crippen molar-refractivity contribution in [1.29, 1.82) is 5.26 Å². The van der Waals surface area contributed by atoms with E-state index in [0.29, 0.717) is 0 Å². The summed E-state index contributed by atoms with van der Waals surface area (Å²) in [6.07, 6.45) is 0. The molecule has 0 saturated heterocycles. The molecule has 6 heteroatoms. The van der Waals surface area contributed by atoms with Crippen LogP contribution in [0.4, 0.5) is 0 Å². The average Bonchev–Trinajstić information content (AvgIpc) is 2.47. The van der Waals surface area contributed by atoms with Crippen LogP contribution in [0.1, 0.15) is 19.4 Å². The molecule has 0 fully saturated rings. The lowest BCUT2D eigenvalue weighted by Crippen LogP contribution is -2.26. The standard InChI is InChI=1S/C15H13N2O4/c1-3-20-14(18)13(15(19)21-4-2)10-5-6-11(8-16)12(7-10)9-17/h5-7H,3-4H2,1-2H3/q-1. The van der Waals surface area contributed by atoms with E-state index in [0.717, 1.165) is 0 Å². The predicted octanol–water partition coefficient (Wildman–Crippen LogP) is -0.254. The minimum atomic E-state index is -0.829. The molecule has 0 unspecified atom stereocenters. The maximum atomic E-state index is 11.9. The van der Waals surface area contributed by atoms with Crippen LogP contribution in [0.2, 0.25) is 0 Å². The molecular formula is C15H13N2O4-. The van der Waals surface area contributed by atoms with E-state index >= 15 is 0 Å². The number of nitrogens with zero attached hydrogens (tertiary/aromatic N) is 2. The van der Waals surface area contributed by atoms with Gasteiger partial charge in [-0.1, -0.05) is 6.07 Å². The Labute approximate surface area is 121 Å². The molecule has 0 aliphatic heterocycles. The van der Waals surface area contributed by atoms with Gasteiger partial charge in [-0.25, -0.2) is 9.59 Å². The highest BCUT2D eigenvalue weighted by Gasteiger charge is 2.21. The maximum absolute atomic E-state index is 11.9. The fourth-order valence-electron chi connectivity index (χ4n) is 1.62. The van der Waals surface area contributed by atoms with Gasteiger partial charge in [-0.3, -0.25) is 5.87 Å². The van der Waals surface area contributed by atoms with E-state index in [2.05, 4.69) is 0 Å². The van der Waals surface area contributed by atoms with Crippen molar-refractivity contribution in [3.05, 3.63) is 39.6 Å². The molecule has 1 aromatic carbocycles. The van der Waals surface area contributed by atoms with Gasteiger partial charge in [0.2, 0.25) is 0 Å². The molecule has 1 aromatic rings. The van der Waals surface area contributed by atoms with E-state index in [9.17, 15) is 9.59 Å². The maximum Gasteiger partial charge on any atom is 0.346 e. The molecule has 0 heterocycles. The van der Waals surface area contributed by atoms with Crippen molar-refractivity contribution in [3.63, 3.8) is 0 Å². The molecule has 0 atom stereocenters. The largest absolute Gasteiger partial charge is 0.763 e. The second-order valence-electron chi connectivity index (χ2n) is 3.80. The predicted molar refractivity (Wildman–Crippen MR) is 74.6 cm³/mol. The Morgan fingerprint density at radius 2 is 1.76 bits per heavy atom. The summed E-state index contributed by atoms with van der Waals surface area (Å²) in [5.74, 6) is 0.199. The normalized spacial score (nSPS) is 9.19. The lowest BCUT2D eigenvalue weighted by Gasteiger charge is -2.06. The topological polar surface area (TPSA) is 98.7 Å². The number of benzene rings is 1. The highest BCUT2D eigenvalue weighted by molar-refractivity contribution is 6.36. The van der Waals surface area contributed by atoms with Gasteiger partial charge >= 0.3 is 11.9 Å². The van der Waals surface area contributed by atoms with E-state index in [1.54, 1.807) is 13.8 Å². The number of carbonyl (C=O) groups is 2. The van der Waals surface area contributed by atoms with Crippen molar-refractivity contribution < 1.29 is 19.1 Å². The Balaban J connectivity index is 3.63. The molecule has 0 aromatic heterocycles. The first-order valence-electron chi connectivity index (χ1n) is 6.24. The number of nitriles is 1. The van der Waals surface area contributed by atoms with Crippen molar-refractivity contribution in [3.8, 4) is 6.07 Å². The Kier molecular flexibility index (Phi) is 5.87. The Morgan fingerprint density at radius 1 is 1.19 bits per heavy atom. The van der Waals surface area contributed by atoms with Crippen LogP contribution in [0.3, 0.4) is 0 Å². The first-order valence-corrected chi connectivity index (χ1v) is 6.24. The van der Waals surface area contributed by atoms with Crippen LogP contribution in [0.5, 0.6) is 0 Å². The van der Waals surface area contributed by atoms with Crippen LogP contribution >= 0.6 is 0 Å². The molecule has 0 N–H and O–H groups in total. The summed E-state index contributed by atoms with van der Waals surface area (Å²) >= 11 is 0. The van der Waals surface area contributed by atoms with Crippen molar-refractivity contribution in [2.24, 2.45) is 0 Å². The van der Waals surface area contributed by atoms with Gasteiger partial charge < -0.3 is 14.9 Å². The van der Waals surface area contributed by atoms with Gasteiger partial charge in [-0.15, -0.1) is 0 Å². The molecule has 0 bridgehead atoms. The summed E-state index contributed by atoms with van der Waals surface area (Å²) in [6, 6.07) is 5.91. The monoisotopic (exact) mass is 285 g/mol. The third-order valence-electron chi connectivity index (χ3n) is 2.51. The first-order chi connectivity index (χ1) is 10.1. The third-order valence-corrected chi connectivity index (χ3v) is 2.51. The van der Waals surface area contributed by atoms with E-state index in [1.165, 1.54) is 18.2 Å². The Hall–Kier alpha value is -2.90. The summed E-state index contributed by atoms with van der Waals surface area (Å²) in [4.78, 5) is 23.8. The highest BCUT2D eigenvalue weighted by Crippen LogP contribution is 2.02. The van der Waals surface area contributed by atoms with Gasteiger partial charge in [0.15, 0.2) is 5.57 Å². The molecule has 0 amide bonds. The average molecular weight is 285 g/mol. The van der Waals surface area contributed by atoms with Gasteiger partial charge in [0.25, 0.3) is 0 Å². The number of rotatable bonds is 4. The summed E-state index contributed by atoms with van der Waals surface area (Å²) in [5, 5.41) is 18.2. The summed E-state index contributed by atoms with van der Waals surface area (Å²) in [6.45, 7) is 3.42. The van der Waals surface area contributed by atoms with Crippen LogP contribution in [0, 0.1) is 11.3 Å². The fraction of sp³-hybridized carbons (Fsp3) is 0.267. The number of hydrogen-bond donors (Lipinski definition) is 0. The van der Waals surface area contributed by atoms with E-state index in [1.807, 2.05) is 11.9 Å². The zero-order valence-corrected chi connectivity index (χ0v) is 11.7. The zero-order chi connectivity index (χ0) is 15.8. The van der Waals surface area contributed by atoms with Crippen LogP contribution < -0.4 is 10.4 Å². The zero-order valence-electron chi connectivity index (χ0n) is 11.7. The van der Waals surface area contributed by atoms with E-state index in [-0.39, 0.29) is 34.8 Å². The second-order valence-corrected chi connectivity index (χ2v) is 3.80. The molecule has 0 radical (unpaired) electrons. The minimum absolute atomic E-state index is 0.0705. The SMILES string of the molecule is CCOC(=O)C(C(=O)OCC)=c1ccc(=C=[N-])c(C#N)c1. The summed E-state index contributed by atoms with van der Waals surface area (Å²) < 4.78 is 9.66. The van der Waals surface area contributed by atoms with Crippen molar-refractivity contribution >= 4 is 23.4 Å². The minimum Gasteiger partial charge on any atom is -0.763 e. The summed E-state index contributed by atoms with van der Waals surface area (Å²) in [5.41, 5.74) is -0.221. The van der Waals surface area contributed by atoms with Gasteiger partial charge in [0, 0.05) is 5.22 Å². The number of hydrogen-bond acceptors (Lipinski definition) is 5. The highest BCUT2D eigenvalue weighted by atomic mass is 16.6. The molecule has 0 saturated carbocycles. The van der Waals surface area contributed by atoms with Crippen LogP contribution in [0.15, 0.2) is 18.2 Å². The quantitative estimate of drug-likeness (QED) is 0.431. The number of esters is 2. The van der Waals surface area contributed by atoms with Crippen molar-refractivity contribution in [2.45, 2.75) is 13.8 Å². The lowest BCUT2D eigenvalue weighted by molar-refractivity contribution is -0.142. The van der Waals surface area contributed by atoms with Gasteiger partial charge in [-0.2, -0.15) is 5.26 Å². The van der Waals surface area contributed by atoms with Gasteiger partial charge in [0.05, 0.1) is 18.8 Å². The summed E-state index contributed by atoms with van der Waals surface area (Å²) in [7, 11) is 0. The number of carbonyl (C=O) groups excluding carboxylic acids is 2.